The fourth-order valence-electron chi connectivity index (χ4n) is 2.00. The maximum atomic E-state index is 11.1. The average molecular weight is 300 g/mol. The second-order valence-corrected chi connectivity index (χ2v) is 5.23. The smallest absolute Gasteiger partial charge is 0.337 e. The third-order valence-corrected chi connectivity index (χ3v) is 3.77. The van der Waals surface area contributed by atoms with Gasteiger partial charge < -0.3 is 5.11 Å². The Kier molecular flexibility index (Phi) is 3.41. The number of aromatic carboxylic acids is 1. The summed E-state index contributed by atoms with van der Waals surface area (Å²) >= 11 is 1.55. The fraction of sp³-hybridized carbons (Fsp3) is 0.0714. The van der Waals surface area contributed by atoms with E-state index in [0.717, 1.165) is 16.3 Å². The van der Waals surface area contributed by atoms with Crippen molar-refractivity contribution in [3.63, 3.8) is 0 Å². The molecule has 0 aliphatic carbocycles. The lowest BCUT2D eigenvalue weighted by atomic mass is 10.2. The van der Waals surface area contributed by atoms with E-state index in [0.29, 0.717) is 5.69 Å². The van der Waals surface area contributed by atoms with Crippen molar-refractivity contribution in [2.75, 3.05) is 5.43 Å². The molecule has 0 spiro atoms. The fourth-order valence-corrected chi connectivity index (χ4v) is 2.76. The minimum Gasteiger partial charge on any atom is -0.478 e. The van der Waals surface area contributed by atoms with Gasteiger partial charge in [-0.15, -0.1) is 11.3 Å². The highest BCUT2D eigenvalue weighted by Crippen LogP contribution is 2.16. The molecule has 2 heterocycles. The van der Waals surface area contributed by atoms with Gasteiger partial charge in [-0.25, -0.2) is 9.78 Å². The van der Waals surface area contributed by atoms with E-state index in [2.05, 4.69) is 15.5 Å². The first-order chi connectivity index (χ1) is 10.2. The van der Waals surface area contributed by atoms with E-state index in [1.54, 1.807) is 35.8 Å². The van der Waals surface area contributed by atoms with Gasteiger partial charge in [0, 0.05) is 11.6 Å². The van der Waals surface area contributed by atoms with E-state index in [1.165, 1.54) is 6.07 Å². The van der Waals surface area contributed by atoms with Gasteiger partial charge in [0.05, 0.1) is 28.9 Å². The molecule has 1 aromatic carbocycles. The first-order valence-electron chi connectivity index (χ1n) is 6.20. The number of imidazole rings is 1. The summed E-state index contributed by atoms with van der Waals surface area (Å²) < 4.78 is 1.94. The van der Waals surface area contributed by atoms with Crippen LogP contribution in [0.25, 0.3) is 4.96 Å². The number of aryl methyl sites for hydroxylation is 1. The Bertz CT molecular complexity index is 834. The quantitative estimate of drug-likeness (QED) is 0.573. The van der Waals surface area contributed by atoms with Crippen LogP contribution in [-0.4, -0.2) is 26.7 Å². The average Bonchev–Trinajstić information content (AvgIpc) is 3.01. The van der Waals surface area contributed by atoms with Gasteiger partial charge in [-0.05, 0) is 19.1 Å². The standard InChI is InChI=1S/C14H12N4O2S/c1-9-12(18-6-7-21-14(18)16-9)8-15-17-11-5-3-2-4-10(11)13(19)20/h2-8,17H,1H3,(H,19,20)/b15-8-. The van der Waals surface area contributed by atoms with Crippen molar-refractivity contribution in [1.29, 1.82) is 0 Å². The minimum atomic E-state index is -0.992. The third-order valence-electron chi connectivity index (χ3n) is 3.01. The summed E-state index contributed by atoms with van der Waals surface area (Å²) in [4.78, 5) is 16.4. The molecule has 0 amide bonds. The van der Waals surface area contributed by atoms with Crippen LogP contribution in [0, 0.1) is 6.92 Å². The molecule has 0 unspecified atom stereocenters. The molecule has 0 bridgehead atoms. The molecule has 0 radical (unpaired) electrons. The molecule has 3 aromatic rings. The van der Waals surface area contributed by atoms with Crippen LogP contribution in [0.5, 0.6) is 0 Å². The lowest BCUT2D eigenvalue weighted by Crippen LogP contribution is -2.02. The third kappa shape index (κ3) is 2.50. The zero-order chi connectivity index (χ0) is 14.8. The topological polar surface area (TPSA) is 79.0 Å². The van der Waals surface area contributed by atoms with Gasteiger partial charge >= 0.3 is 5.97 Å². The Morgan fingerprint density at radius 1 is 1.48 bits per heavy atom. The van der Waals surface area contributed by atoms with E-state index in [9.17, 15) is 4.79 Å². The Morgan fingerprint density at radius 3 is 3.10 bits per heavy atom. The molecular formula is C14H12N4O2S. The van der Waals surface area contributed by atoms with Crippen molar-refractivity contribution in [3.8, 4) is 0 Å². The maximum Gasteiger partial charge on any atom is 0.337 e. The molecule has 0 aliphatic rings. The molecule has 7 heteroatoms. The van der Waals surface area contributed by atoms with Gasteiger partial charge in [0.2, 0.25) is 0 Å². The monoisotopic (exact) mass is 300 g/mol. The molecule has 2 N–H and O–H groups in total. The first-order valence-corrected chi connectivity index (χ1v) is 7.08. The van der Waals surface area contributed by atoms with Crippen molar-refractivity contribution in [2.24, 2.45) is 5.10 Å². The highest BCUT2D eigenvalue weighted by Gasteiger charge is 2.09. The van der Waals surface area contributed by atoms with Crippen LogP contribution in [0.15, 0.2) is 40.9 Å². The zero-order valence-corrected chi connectivity index (χ0v) is 12.0. The van der Waals surface area contributed by atoms with Crippen LogP contribution in [0.4, 0.5) is 5.69 Å². The van der Waals surface area contributed by atoms with Gasteiger partial charge in [0.25, 0.3) is 0 Å². The molecule has 0 fully saturated rings. The van der Waals surface area contributed by atoms with Crippen LogP contribution in [-0.2, 0) is 0 Å². The SMILES string of the molecule is Cc1nc2sccn2c1/C=N\Nc1ccccc1C(=O)O. The number of rotatable bonds is 4. The van der Waals surface area contributed by atoms with Gasteiger partial charge in [-0.2, -0.15) is 5.10 Å². The van der Waals surface area contributed by atoms with E-state index in [4.69, 9.17) is 5.11 Å². The number of carbonyl (C=O) groups is 1. The molecule has 3 rings (SSSR count). The van der Waals surface area contributed by atoms with E-state index >= 15 is 0 Å². The molecule has 106 valence electrons. The lowest BCUT2D eigenvalue weighted by Gasteiger charge is -2.04. The Hall–Kier alpha value is -2.67. The number of fused-ring (bicyclic) bond motifs is 1. The number of thiazole rings is 1. The second kappa shape index (κ2) is 5.37. The summed E-state index contributed by atoms with van der Waals surface area (Å²) in [5, 5.41) is 15.2. The van der Waals surface area contributed by atoms with Crippen molar-refractivity contribution in [1.82, 2.24) is 9.38 Å². The molecule has 2 aromatic heterocycles. The van der Waals surface area contributed by atoms with Crippen molar-refractivity contribution < 1.29 is 9.90 Å². The summed E-state index contributed by atoms with van der Waals surface area (Å²) in [5.74, 6) is -0.992. The van der Waals surface area contributed by atoms with Crippen LogP contribution in [0.2, 0.25) is 0 Å². The highest BCUT2D eigenvalue weighted by molar-refractivity contribution is 7.15. The van der Waals surface area contributed by atoms with Crippen LogP contribution in [0.3, 0.4) is 0 Å². The number of nitrogens with one attached hydrogen (secondary N) is 1. The second-order valence-electron chi connectivity index (χ2n) is 4.36. The van der Waals surface area contributed by atoms with E-state index < -0.39 is 5.97 Å². The summed E-state index contributed by atoms with van der Waals surface area (Å²) in [6.45, 7) is 1.91. The minimum absolute atomic E-state index is 0.181. The summed E-state index contributed by atoms with van der Waals surface area (Å²) in [5.41, 5.74) is 5.14. The van der Waals surface area contributed by atoms with Crippen molar-refractivity contribution in [3.05, 3.63) is 52.8 Å². The van der Waals surface area contributed by atoms with Crippen LogP contribution in [0.1, 0.15) is 21.7 Å². The van der Waals surface area contributed by atoms with E-state index in [1.807, 2.05) is 22.9 Å². The Balaban J connectivity index is 1.86. The lowest BCUT2D eigenvalue weighted by molar-refractivity contribution is 0.0698. The number of anilines is 1. The number of aromatic nitrogens is 2. The van der Waals surface area contributed by atoms with E-state index in [-0.39, 0.29) is 5.56 Å². The maximum absolute atomic E-state index is 11.1. The summed E-state index contributed by atoms with van der Waals surface area (Å²) in [7, 11) is 0. The molecule has 0 saturated heterocycles. The van der Waals surface area contributed by atoms with Crippen LogP contribution < -0.4 is 5.43 Å². The van der Waals surface area contributed by atoms with Gasteiger partial charge in [0.1, 0.15) is 0 Å². The number of nitrogens with zero attached hydrogens (tertiary/aromatic N) is 3. The molecule has 0 saturated carbocycles. The largest absolute Gasteiger partial charge is 0.478 e. The molecule has 6 nitrogen and oxygen atoms in total. The number of carboxylic acids is 1. The molecule has 21 heavy (non-hydrogen) atoms. The molecular weight excluding hydrogens is 288 g/mol. The Labute approximate surface area is 124 Å². The number of para-hydroxylation sites is 1. The number of carboxylic acid groups (broad SMARTS) is 1. The van der Waals surface area contributed by atoms with Gasteiger partial charge in [-0.1, -0.05) is 12.1 Å². The van der Waals surface area contributed by atoms with Crippen molar-refractivity contribution >= 4 is 34.2 Å². The van der Waals surface area contributed by atoms with Crippen LogP contribution >= 0.6 is 11.3 Å². The summed E-state index contributed by atoms with van der Waals surface area (Å²) in [6, 6.07) is 6.63. The normalized spacial score (nSPS) is 11.3. The Morgan fingerprint density at radius 2 is 2.29 bits per heavy atom. The number of hydrazone groups is 1. The number of hydrogen-bond acceptors (Lipinski definition) is 5. The zero-order valence-electron chi connectivity index (χ0n) is 11.1. The molecule has 0 aliphatic heterocycles. The van der Waals surface area contributed by atoms with Crippen molar-refractivity contribution in [2.45, 2.75) is 6.92 Å². The number of benzene rings is 1. The predicted octanol–water partition coefficient (Wildman–Crippen LogP) is 2.85. The first kappa shape index (κ1) is 13.3. The molecule has 0 atom stereocenters. The summed E-state index contributed by atoms with van der Waals surface area (Å²) in [6.07, 6.45) is 3.56. The number of hydrogen-bond donors (Lipinski definition) is 2. The highest BCUT2D eigenvalue weighted by atomic mass is 32.1. The predicted molar refractivity (Wildman–Crippen MR) is 82.4 cm³/mol. The van der Waals surface area contributed by atoms with Gasteiger partial charge in [0.15, 0.2) is 4.96 Å². The van der Waals surface area contributed by atoms with Gasteiger partial charge in [-0.3, -0.25) is 9.83 Å².